The standard InChI is InChI=1S/C11H19NO4/c13-8-11(2-5-15-6-3-11)12-10(14)9-1-4-16-7-9/h9,13H,1-8H2,(H,12,14). The van der Waals surface area contributed by atoms with Gasteiger partial charge in [0, 0.05) is 19.8 Å². The second-order valence-electron chi connectivity index (χ2n) is 4.60. The van der Waals surface area contributed by atoms with Crippen molar-refractivity contribution in [3.63, 3.8) is 0 Å². The Morgan fingerprint density at radius 2 is 2.06 bits per heavy atom. The molecule has 2 rings (SSSR count). The van der Waals surface area contributed by atoms with E-state index in [1.54, 1.807) is 0 Å². The van der Waals surface area contributed by atoms with Crippen LogP contribution in [0.1, 0.15) is 19.3 Å². The number of carbonyl (C=O) groups is 1. The van der Waals surface area contributed by atoms with E-state index in [4.69, 9.17) is 9.47 Å². The molecule has 2 aliphatic heterocycles. The van der Waals surface area contributed by atoms with Crippen LogP contribution < -0.4 is 5.32 Å². The Morgan fingerprint density at radius 3 is 2.62 bits per heavy atom. The quantitative estimate of drug-likeness (QED) is 0.696. The van der Waals surface area contributed by atoms with Crippen molar-refractivity contribution >= 4 is 5.91 Å². The molecule has 1 unspecified atom stereocenters. The van der Waals surface area contributed by atoms with Crippen LogP contribution in [0.15, 0.2) is 0 Å². The summed E-state index contributed by atoms with van der Waals surface area (Å²) >= 11 is 0. The fraction of sp³-hybridized carbons (Fsp3) is 0.909. The Labute approximate surface area is 95.1 Å². The first-order chi connectivity index (χ1) is 7.76. The Morgan fingerprint density at radius 1 is 1.31 bits per heavy atom. The SMILES string of the molecule is O=C(NC1(CO)CCOCC1)C1CCOC1. The van der Waals surface area contributed by atoms with Crippen LogP contribution in [0.3, 0.4) is 0 Å². The van der Waals surface area contributed by atoms with Crippen LogP contribution in [0.25, 0.3) is 0 Å². The zero-order valence-corrected chi connectivity index (χ0v) is 9.41. The minimum Gasteiger partial charge on any atom is -0.394 e. The molecule has 2 aliphatic rings. The largest absolute Gasteiger partial charge is 0.394 e. The fourth-order valence-corrected chi connectivity index (χ4v) is 2.19. The van der Waals surface area contributed by atoms with Gasteiger partial charge < -0.3 is 19.9 Å². The summed E-state index contributed by atoms with van der Waals surface area (Å²) in [6.45, 7) is 2.34. The maximum absolute atomic E-state index is 11.9. The summed E-state index contributed by atoms with van der Waals surface area (Å²) in [7, 11) is 0. The molecule has 0 aromatic carbocycles. The molecule has 2 fully saturated rings. The van der Waals surface area contributed by atoms with Crippen LogP contribution in [-0.2, 0) is 14.3 Å². The predicted molar refractivity (Wildman–Crippen MR) is 56.9 cm³/mol. The topological polar surface area (TPSA) is 67.8 Å². The minimum absolute atomic E-state index is 0.00782. The number of aliphatic hydroxyl groups is 1. The van der Waals surface area contributed by atoms with Crippen molar-refractivity contribution in [1.29, 1.82) is 0 Å². The van der Waals surface area contributed by atoms with Crippen molar-refractivity contribution in [2.45, 2.75) is 24.8 Å². The second-order valence-corrected chi connectivity index (χ2v) is 4.60. The van der Waals surface area contributed by atoms with Gasteiger partial charge >= 0.3 is 0 Å². The maximum atomic E-state index is 11.9. The van der Waals surface area contributed by atoms with Crippen molar-refractivity contribution in [2.75, 3.05) is 33.0 Å². The lowest BCUT2D eigenvalue weighted by Gasteiger charge is -2.37. The first-order valence-corrected chi connectivity index (χ1v) is 5.84. The smallest absolute Gasteiger partial charge is 0.226 e. The van der Waals surface area contributed by atoms with E-state index in [1.807, 2.05) is 0 Å². The van der Waals surface area contributed by atoms with Gasteiger partial charge in [-0.1, -0.05) is 0 Å². The minimum atomic E-state index is -0.474. The van der Waals surface area contributed by atoms with Gasteiger partial charge in [0.2, 0.25) is 5.91 Å². The highest BCUT2D eigenvalue weighted by Crippen LogP contribution is 2.22. The van der Waals surface area contributed by atoms with Crippen LogP contribution >= 0.6 is 0 Å². The molecule has 0 aliphatic carbocycles. The molecule has 0 radical (unpaired) electrons. The second kappa shape index (κ2) is 5.12. The molecular formula is C11H19NO4. The molecule has 1 atom stereocenters. The molecule has 1 amide bonds. The van der Waals surface area contributed by atoms with E-state index in [2.05, 4.69) is 5.32 Å². The highest BCUT2D eigenvalue weighted by atomic mass is 16.5. The lowest BCUT2D eigenvalue weighted by molar-refractivity contribution is -0.129. The number of ether oxygens (including phenoxy) is 2. The molecular weight excluding hydrogens is 210 g/mol. The van der Waals surface area contributed by atoms with Crippen molar-refractivity contribution in [2.24, 2.45) is 5.92 Å². The monoisotopic (exact) mass is 229 g/mol. The number of nitrogens with one attached hydrogen (secondary N) is 1. The summed E-state index contributed by atoms with van der Waals surface area (Å²) in [5.41, 5.74) is -0.474. The molecule has 0 saturated carbocycles. The summed E-state index contributed by atoms with van der Waals surface area (Å²) in [5.74, 6) is -0.0419. The molecule has 0 spiro atoms. The van der Waals surface area contributed by atoms with Gasteiger partial charge in [0.15, 0.2) is 0 Å². The van der Waals surface area contributed by atoms with Crippen molar-refractivity contribution in [3.05, 3.63) is 0 Å². The van der Waals surface area contributed by atoms with E-state index in [0.717, 1.165) is 6.42 Å². The summed E-state index contributed by atoms with van der Waals surface area (Å²) in [6, 6.07) is 0. The average Bonchev–Trinajstić information content (AvgIpc) is 2.84. The molecule has 0 aromatic rings. The molecule has 0 aromatic heterocycles. The Hall–Kier alpha value is -0.650. The first kappa shape index (κ1) is 11.8. The molecule has 2 heterocycles. The summed E-state index contributed by atoms with van der Waals surface area (Å²) in [6.07, 6.45) is 2.15. The van der Waals surface area contributed by atoms with Gasteiger partial charge in [-0.2, -0.15) is 0 Å². The molecule has 2 N–H and O–H groups in total. The van der Waals surface area contributed by atoms with Crippen LogP contribution in [0.2, 0.25) is 0 Å². The van der Waals surface area contributed by atoms with Crippen LogP contribution in [0.4, 0.5) is 0 Å². The van der Waals surface area contributed by atoms with Gasteiger partial charge in [-0.25, -0.2) is 0 Å². The average molecular weight is 229 g/mol. The van der Waals surface area contributed by atoms with Crippen molar-refractivity contribution < 1.29 is 19.4 Å². The van der Waals surface area contributed by atoms with E-state index in [0.29, 0.717) is 39.3 Å². The van der Waals surface area contributed by atoms with Gasteiger partial charge in [0.05, 0.1) is 24.7 Å². The van der Waals surface area contributed by atoms with Gasteiger partial charge in [0.1, 0.15) is 0 Å². The Kier molecular flexibility index (Phi) is 3.78. The normalized spacial score (nSPS) is 28.9. The third-order valence-electron chi connectivity index (χ3n) is 3.44. The molecule has 16 heavy (non-hydrogen) atoms. The van der Waals surface area contributed by atoms with E-state index < -0.39 is 5.54 Å². The van der Waals surface area contributed by atoms with Crippen molar-refractivity contribution in [3.8, 4) is 0 Å². The number of carbonyl (C=O) groups excluding carboxylic acids is 1. The van der Waals surface area contributed by atoms with Crippen LogP contribution in [0.5, 0.6) is 0 Å². The molecule has 0 bridgehead atoms. The zero-order chi connectivity index (χ0) is 11.4. The van der Waals surface area contributed by atoms with E-state index >= 15 is 0 Å². The Bertz CT molecular complexity index is 244. The lowest BCUT2D eigenvalue weighted by Crippen LogP contribution is -2.56. The Balaban J connectivity index is 1.91. The first-order valence-electron chi connectivity index (χ1n) is 5.84. The number of hydrogen-bond donors (Lipinski definition) is 2. The summed E-state index contributed by atoms with van der Waals surface area (Å²) in [4.78, 5) is 11.9. The lowest BCUT2D eigenvalue weighted by atomic mass is 9.90. The molecule has 5 heteroatoms. The van der Waals surface area contributed by atoms with Gasteiger partial charge in [-0.05, 0) is 19.3 Å². The number of amides is 1. The molecule has 92 valence electrons. The fourth-order valence-electron chi connectivity index (χ4n) is 2.19. The van der Waals surface area contributed by atoms with Gasteiger partial charge in [-0.15, -0.1) is 0 Å². The van der Waals surface area contributed by atoms with Crippen LogP contribution in [0, 0.1) is 5.92 Å². The van der Waals surface area contributed by atoms with Crippen molar-refractivity contribution in [1.82, 2.24) is 5.32 Å². The molecule has 2 saturated heterocycles. The van der Waals surface area contributed by atoms with Gasteiger partial charge in [0.25, 0.3) is 0 Å². The third-order valence-corrected chi connectivity index (χ3v) is 3.44. The van der Waals surface area contributed by atoms with E-state index in [9.17, 15) is 9.90 Å². The number of hydrogen-bond acceptors (Lipinski definition) is 4. The van der Waals surface area contributed by atoms with E-state index in [1.165, 1.54) is 0 Å². The molecule has 5 nitrogen and oxygen atoms in total. The maximum Gasteiger partial charge on any atom is 0.226 e. The number of rotatable bonds is 3. The highest BCUT2D eigenvalue weighted by Gasteiger charge is 2.36. The van der Waals surface area contributed by atoms with E-state index in [-0.39, 0.29) is 18.4 Å². The zero-order valence-electron chi connectivity index (χ0n) is 9.41. The summed E-state index contributed by atoms with van der Waals surface area (Å²) in [5, 5.41) is 12.4. The third kappa shape index (κ3) is 2.53. The highest BCUT2D eigenvalue weighted by molar-refractivity contribution is 5.79. The van der Waals surface area contributed by atoms with Gasteiger partial charge in [-0.3, -0.25) is 4.79 Å². The number of aliphatic hydroxyl groups excluding tert-OH is 1. The van der Waals surface area contributed by atoms with Crippen LogP contribution in [-0.4, -0.2) is 49.6 Å². The summed E-state index contributed by atoms with van der Waals surface area (Å²) < 4.78 is 10.4. The predicted octanol–water partition coefficient (Wildman–Crippen LogP) is -0.319.